The van der Waals surface area contributed by atoms with Crippen molar-refractivity contribution in [2.75, 3.05) is 6.54 Å². The lowest BCUT2D eigenvalue weighted by Crippen LogP contribution is -2.27. The second-order valence-corrected chi connectivity index (χ2v) is 4.55. The van der Waals surface area contributed by atoms with Crippen LogP contribution < -0.4 is 5.32 Å². The molecule has 7 nitrogen and oxygen atoms in total. The summed E-state index contributed by atoms with van der Waals surface area (Å²) >= 11 is 0. The van der Waals surface area contributed by atoms with Crippen molar-refractivity contribution in [1.82, 2.24) is 30.0 Å². The molecule has 0 aliphatic heterocycles. The van der Waals surface area contributed by atoms with Gasteiger partial charge >= 0.3 is 0 Å². The molecule has 1 N–H and O–H groups in total. The fourth-order valence-corrected chi connectivity index (χ4v) is 1.94. The molecule has 110 valence electrons. The van der Waals surface area contributed by atoms with Gasteiger partial charge in [0.05, 0.1) is 18.3 Å². The van der Waals surface area contributed by atoms with Crippen molar-refractivity contribution >= 4 is 5.91 Å². The van der Waals surface area contributed by atoms with Gasteiger partial charge in [-0.05, 0) is 18.2 Å². The van der Waals surface area contributed by atoms with Crippen LogP contribution in [0.25, 0.3) is 11.4 Å². The third-order valence-corrected chi connectivity index (χ3v) is 3.02. The maximum absolute atomic E-state index is 11.9. The van der Waals surface area contributed by atoms with E-state index in [2.05, 4.69) is 25.4 Å². The average Bonchev–Trinajstić information content (AvgIpc) is 3.05. The minimum atomic E-state index is -0.144. The molecule has 3 aromatic rings. The topological polar surface area (TPSA) is 85.6 Å². The number of nitrogens with one attached hydrogen (secondary N) is 1. The first kappa shape index (κ1) is 13.9. The lowest BCUT2D eigenvalue weighted by molar-refractivity contribution is 0.0951. The van der Waals surface area contributed by atoms with E-state index in [0.717, 1.165) is 11.4 Å². The van der Waals surface area contributed by atoms with Gasteiger partial charge in [-0.15, -0.1) is 0 Å². The molecule has 0 spiro atoms. The summed E-state index contributed by atoms with van der Waals surface area (Å²) in [5.41, 5.74) is 2.02. The quantitative estimate of drug-likeness (QED) is 0.763. The molecule has 3 aromatic heterocycles. The third-order valence-electron chi connectivity index (χ3n) is 3.02. The summed E-state index contributed by atoms with van der Waals surface area (Å²) in [4.78, 5) is 24.0. The van der Waals surface area contributed by atoms with E-state index in [4.69, 9.17) is 0 Å². The second-order valence-electron chi connectivity index (χ2n) is 4.55. The summed E-state index contributed by atoms with van der Waals surface area (Å²) < 4.78 is 1.76. The highest BCUT2D eigenvalue weighted by molar-refractivity contribution is 5.93. The Kier molecular flexibility index (Phi) is 4.15. The minimum Gasteiger partial charge on any atom is -0.350 e. The predicted molar refractivity (Wildman–Crippen MR) is 79.8 cm³/mol. The molecule has 3 rings (SSSR count). The van der Waals surface area contributed by atoms with E-state index in [1.165, 1.54) is 6.20 Å². The molecule has 0 aliphatic carbocycles. The molecule has 0 saturated heterocycles. The number of hydrogen-bond acceptors (Lipinski definition) is 5. The second kappa shape index (κ2) is 6.57. The van der Waals surface area contributed by atoms with Gasteiger partial charge in [0.25, 0.3) is 5.91 Å². The Labute approximate surface area is 127 Å². The Morgan fingerprint density at radius 3 is 2.77 bits per heavy atom. The molecular formula is C15H14N6O. The summed E-state index contributed by atoms with van der Waals surface area (Å²) in [5.74, 6) is -0.144. The van der Waals surface area contributed by atoms with E-state index in [0.29, 0.717) is 18.7 Å². The Bertz CT molecular complexity index is 741. The highest BCUT2D eigenvalue weighted by atomic mass is 16.1. The highest BCUT2D eigenvalue weighted by Crippen LogP contribution is 2.11. The summed E-state index contributed by atoms with van der Waals surface area (Å²) in [6.07, 6.45) is 9.93. The van der Waals surface area contributed by atoms with Crippen molar-refractivity contribution in [3.8, 4) is 11.4 Å². The third kappa shape index (κ3) is 3.32. The van der Waals surface area contributed by atoms with Crippen LogP contribution in [0.15, 0.2) is 55.4 Å². The SMILES string of the molecule is O=C(NCCn1ccc(-c2cnccn2)n1)c1cccnc1. The van der Waals surface area contributed by atoms with Crippen molar-refractivity contribution in [2.45, 2.75) is 6.54 Å². The molecule has 0 atom stereocenters. The van der Waals surface area contributed by atoms with Gasteiger partial charge in [0.15, 0.2) is 0 Å². The number of pyridine rings is 1. The van der Waals surface area contributed by atoms with E-state index in [-0.39, 0.29) is 5.91 Å². The minimum absolute atomic E-state index is 0.144. The van der Waals surface area contributed by atoms with Gasteiger partial charge in [-0.3, -0.25) is 24.4 Å². The van der Waals surface area contributed by atoms with Crippen LogP contribution in [0.2, 0.25) is 0 Å². The molecular weight excluding hydrogens is 280 g/mol. The number of amides is 1. The molecule has 3 heterocycles. The normalized spacial score (nSPS) is 10.4. The first-order chi connectivity index (χ1) is 10.8. The first-order valence-electron chi connectivity index (χ1n) is 6.81. The number of aromatic nitrogens is 5. The maximum Gasteiger partial charge on any atom is 0.252 e. The largest absolute Gasteiger partial charge is 0.350 e. The van der Waals surface area contributed by atoms with E-state index in [1.807, 2.05) is 12.3 Å². The maximum atomic E-state index is 11.9. The molecule has 7 heteroatoms. The average molecular weight is 294 g/mol. The Morgan fingerprint density at radius 1 is 1.09 bits per heavy atom. The predicted octanol–water partition coefficient (Wildman–Crippen LogP) is 1.17. The molecule has 0 radical (unpaired) electrons. The Balaban J connectivity index is 1.55. The molecule has 0 unspecified atom stereocenters. The van der Waals surface area contributed by atoms with Gasteiger partial charge < -0.3 is 5.32 Å². The van der Waals surface area contributed by atoms with Crippen molar-refractivity contribution in [1.29, 1.82) is 0 Å². The van der Waals surface area contributed by atoms with E-state index in [1.54, 1.807) is 41.6 Å². The monoisotopic (exact) mass is 294 g/mol. The first-order valence-corrected chi connectivity index (χ1v) is 6.81. The van der Waals surface area contributed by atoms with Crippen molar-refractivity contribution in [3.63, 3.8) is 0 Å². The summed E-state index contributed by atoms with van der Waals surface area (Å²) in [6, 6.07) is 5.32. The molecule has 0 aliphatic rings. The van der Waals surface area contributed by atoms with Gasteiger partial charge in [0.1, 0.15) is 11.4 Å². The van der Waals surface area contributed by atoms with Crippen LogP contribution in [0.4, 0.5) is 0 Å². The van der Waals surface area contributed by atoms with Crippen LogP contribution in [0.1, 0.15) is 10.4 Å². The molecule has 0 bridgehead atoms. The number of hydrogen-bond donors (Lipinski definition) is 1. The number of nitrogens with zero attached hydrogens (tertiary/aromatic N) is 5. The van der Waals surface area contributed by atoms with E-state index < -0.39 is 0 Å². The van der Waals surface area contributed by atoms with Crippen LogP contribution in [0.3, 0.4) is 0 Å². The van der Waals surface area contributed by atoms with Crippen LogP contribution >= 0.6 is 0 Å². The Hall–Kier alpha value is -3.09. The molecule has 0 fully saturated rings. The van der Waals surface area contributed by atoms with Gasteiger partial charge in [0.2, 0.25) is 0 Å². The molecule has 1 amide bonds. The van der Waals surface area contributed by atoms with Crippen LogP contribution in [-0.2, 0) is 6.54 Å². The van der Waals surface area contributed by atoms with Gasteiger partial charge in [-0.25, -0.2) is 0 Å². The van der Waals surface area contributed by atoms with E-state index in [9.17, 15) is 4.79 Å². The van der Waals surface area contributed by atoms with Crippen molar-refractivity contribution in [2.24, 2.45) is 0 Å². The van der Waals surface area contributed by atoms with Crippen molar-refractivity contribution in [3.05, 3.63) is 60.9 Å². The fraction of sp³-hybridized carbons (Fsp3) is 0.133. The van der Waals surface area contributed by atoms with Crippen LogP contribution in [0, 0.1) is 0 Å². The zero-order chi connectivity index (χ0) is 15.2. The smallest absolute Gasteiger partial charge is 0.252 e. The molecule has 0 saturated carbocycles. The fourth-order valence-electron chi connectivity index (χ4n) is 1.94. The Morgan fingerprint density at radius 2 is 2.00 bits per heavy atom. The zero-order valence-electron chi connectivity index (χ0n) is 11.8. The number of carbonyl (C=O) groups is 1. The highest BCUT2D eigenvalue weighted by Gasteiger charge is 2.06. The lowest BCUT2D eigenvalue weighted by atomic mass is 10.3. The summed E-state index contributed by atoms with van der Waals surface area (Å²) in [5, 5.41) is 7.23. The summed E-state index contributed by atoms with van der Waals surface area (Å²) in [6.45, 7) is 1.06. The van der Waals surface area contributed by atoms with Gasteiger partial charge in [-0.1, -0.05) is 0 Å². The summed E-state index contributed by atoms with van der Waals surface area (Å²) in [7, 11) is 0. The van der Waals surface area contributed by atoms with Crippen LogP contribution in [-0.4, -0.2) is 37.2 Å². The lowest BCUT2D eigenvalue weighted by Gasteiger charge is -2.05. The molecule has 22 heavy (non-hydrogen) atoms. The zero-order valence-corrected chi connectivity index (χ0v) is 11.8. The molecule has 0 aromatic carbocycles. The van der Waals surface area contributed by atoms with Crippen LogP contribution in [0.5, 0.6) is 0 Å². The van der Waals surface area contributed by atoms with Crippen molar-refractivity contribution < 1.29 is 4.79 Å². The standard InChI is InChI=1S/C15H14N6O/c22-15(12-2-1-4-16-10-12)19-7-9-21-8-3-13(20-21)14-11-17-5-6-18-14/h1-6,8,10-11H,7,9H2,(H,19,22). The number of rotatable bonds is 5. The van der Waals surface area contributed by atoms with Gasteiger partial charge in [-0.2, -0.15) is 5.10 Å². The number of carbonyl (C=O) groups excluding carboxylic acids is 1. The van der Waals surface area contributed by atoms with Gasteiger partial charge in [0, 0.05) is 37.5 Å². The van der Waals surface area contributed by atoms with E-state index >= 15 is 0 Å².